The molecule has 3 nitrogen and oxygen atoms in total. The smallest absolute Gasteiger partial charge is 0.162 e. The predicted octanol–water partition coefficient (Wildman–Crippen LogP) is 10.4. The summed E-state index contributed by atoms with van der Waals surface area (Å²) in [6.07, 6.45) is 0. The first-order valence-electron chi connectivity index (χ1n) is 15.2. The van der Waals surface area contributed by atoms with Crippen molar-refractivity contribution in [1.82, 2.24) is 14.5 Å². The molecule has 0 atom stereocenters. The van der Waals surface area contributed by atoms with Gasteiger partial charge in [0, 0.05) is 27.1 Å². The van der Waals surface area contributed by atoms with Gasteiger partial charge >= 0.3 is 0 Å². The Hall–Kier alpha value is -5.54. The van der Waals surface area contributed by atoms with Gasteiger partial charge in [0.05, 0.1) is 16.6 Å². The van der Waals surface area contributed by atoms with Gasteiger partial charge in [0.1, 0.15) is 5.82 Å². The van der Waals surface area contributed by atoms with E-state index in [1.807, 2.05) is 0 Å². The van der Waals surface area contributed by atoms with E-state index in [0.717, 1.165) is 39.1 Å². The molecule has 0 fully saturated rings. The first-order chi connectivity index (χ1) is 21.6. The normalized spacial score (nSPS) is 13.4. The number of aromatic nitrogens is 3. The second-order valence-electron chi connectivity index (χ2n) is 12.2. The molecule has 0 radical (unpaired) electrons. The first kappa shape index (κ1) is 25.0. The molecule has 0 saturated heterocycles. The summed E-state index contributed by atoms with van der Waals surface area (Å²) in [4.78, 5) is 10.6. The minimum Gasteiger partial charge on any atom is -0.293 e. The molecule has 0 unspecified atom stereocenters. The van der Waals surface area contributed by atoms with E-state index in [1.54, 1.807) is 0 Å². The predicted molar refractivity (Wildman–Crippen MR) is 182 cm³/mol. The standard InChI is InChI=1S/C41H29N3/c1-41(2)33-19-9-6-16-29(33)38-31(18-12-20-34(38)41)39-42-35-21-10-7-17-30(35)40(43-39)44-36-22-11-8-15-28(36)32-25-27(23-24-37(32)44)26-13-4-3-5-14-26/h3-25H,1-2H3. The zero-order valence-electron chi connectivity index (χ0n) is 24.6. The van der Waals surface area contributed by atoms with Gasteiger partial charge in [0.2, 0.25) is 0 Å². The van der Waals surface area contributed by atoms with Crippen LogP contribution in [0.2, 0.25) is 0 Å². The molecule has 0 bridgehead atoms. The zero-order chi connectivity index (χ0) is 29.4. The van der Waals surface area contributed by atoms with E-state index in [4.69, 9.17) is 9.97 Å². The van der Waals surface area contributed by atoms with Crippen molar-refractivity contribution >= 4 is 32.7 Å². The molecule has 6 aromatic carbocycles. The van der Waals surface area contributed by atoms with E-state index in [2.05, 4.69) is 158 Å². The zero-order valence-corrected chi connectivity index (χ0v) is 24.6. The van der Waals surface area contributed by atoms with Crippen LogP contribution < -0.4 is 0 Å². The van der Waals surface area contributed by atoms with Crippen LogP contribution in [0.3, 0.4) is 0 Å². The molecule has 0 N–H and O–H groups in total. The van der Waals surface area contributed by atoms with Gasteiger partial charge in [-0.2, -0.15) is 0 Å². The van der Waals surface area contributed by atoms with Crippen molar-refractivity contribution in [3.05, 3.63) is 151 Å². The number of hydrogen-bond donors (Lipinski definition) is 0. The van der Waals surface area contributed by atoms with Crippen LogP contribution >= 0.6 is 0 Å². The fourth-order valence-electron chi connectivity index (χ4n) is 7.30. The van der Waals surface area contributed by atoms with Crippen LogP contribution in [0.5, 0.6) is 0 Å². The molecule has 0 amide bonds. The molecule has 1 aliphatic rings. The maximum Gasteiger partial charge on any atom is 0.162 e. The molecule has 44 heavy (non-hydrogen) atoms. The molecule has 1 aliphatic carbocycles. The Labute approximate surface area is 256 Å². The van der Waals surface area contributed by atoms with Gasteiger partial charge in [-0.05, 0) is 63.7 Å². The lowest BCUT2D eigenvalue weighted by atomic mass is 9.82. The Balaban J connectivity index is 1.35. The van der Waals surface area contributed by atoms with Crippen molar-refractivity contribution in [3.8, 4) is 39.5 Å². The third kappa shape index (κ3) is 3.50. The molecule has 2 heterocycles. The molecule has 9 rings (SSSR count). The Kier molecular flexibility index (Phi) is 5.24. The summed E-state index contributed by atoms with van der Waals surface area (Å²) in [5.74, 6) is 1.64. The van der Waals surface area contributed by atoms with Crippen LogP contribution in [-0.2, 0) is 5.41 Å². The van der Waals surface area contributed by atoms with Crippen molar-refractivity contribution in [2.24, 2.45) is 0 Å². The Bertz CT molecular complexity index is 2410. The van der Waals surface area contributed by atoms with Gasteiger partial charge < -0.3 is 0 Å². The number of benzene rings is 6. The molecule has 3 heteroatoms. The van der Waals surface area contributed by atoms with Crippen molar-refractivity contribution in [2.75, 3.05) is 0 Å². The van der Waals surface area contributed by atoms with Crippen LogP contribution in [0.1, 0.15) is 25.0 Å². The van der Waals surface area contributed by atoms with Crippen molar-refractivity contribution in [2.45, 2.75) is 19.3 Å². The fourth-order valence-corrected chi connectivity index (χ4v) is 7.30. The minimum atomic E-state index is -0.0924. The SMILES string of the molecule is CC1(C)c2ccccc2-c2c(-c3nc(-n4c5ccccc5c5cc(-c6ccccc6)ccc54)c4ccccc4n3)cccc21. The lowest BCUT2D eigenvalue weighted by Gasteiger charge is -2.21. The third-order valence-electron chi connectivity index (χ3n) is 9.42. The van der Waals surface area contributed by atoms with Crippen molar-refractivity contribution < 1.29 is 0 Å². The average Bonchev–Trinajstić information content (AvgIpc) is 3.53. The highest BCUT2D eigenvalue weighted by molar-refractivity contribution is 6.11. The number of nitrogens with zero attached hydrogens (tertiary/aromatic N) is 3. The molecule has 0 spiro atoms. The van der Waals surface area contributed by atoms with Crippen LogP contribution in [0.15, 0.2) is 140 Å². The van der Waals surface area contributed by atoms with Crippen molar-refractivity contribution in [1.29, 1.82) is 0 Å². The lowest BCUT2D eigenvalue weighted by molar-refractivity contribution is 0.660. The van der Waals surface area contributed by atoms with Crippen LogP contribution in [-0.4, -0.2) is 14.5 Å². The van der Waals surface area contributed by atoms with Crippen LogP contribution in [0.4, 0.5) is 0 Å². The molecule has 208 valence electrons. The van der Waals surface area contributed by atoms with E-state index < -0.39 is 0 Å². The highest BCUT2D eigenvalue weighted by Crippen LogP contribution is 2.51. The topological polar surface area (TPSA) is 30.7 Å². The summed E-state index contributed by atoms with van der Waals surface area (Å²) < 4.78 is 2.33. The van der Waals surface area contributed by atoms with E-state index >= 15 is 0 Å². The summed E-state index contributed by atoms with van der Waals surface area (Å²) in [5.41, 5.74) is 11.8. The maximum atomic E-state index is 5.44. The number of rotatable bonds is 3. The summed E-state index contributed by atoms with van der Waals surface area (Å²) in [6.45, 7) is 4.63. The van der Waals surface area contributed by atoms with Crippen LogP contribution in [0.25, 0.3) is 72.2 Å². The van der Waals surface area contributed by atoms with Gasteiger partial charge in [-0.1, -0.05) is 123 Å². The molecular weight excluding hydrogens is 534 g/mol. The summed E-state index contributed by atoms with van der Waals surface area (Å²) >= 11 is 0. The Morgan fingerprint density at radius 1 is 0.500 bits per heavy atom. The van der Waals surface area contributed by atoms with E-state index in [0.29, 0.717) is 0 Å². The minimum absolute atomic E-state index is 0.0924. The fraction of sp³-hybridized carbons (Fsp3) is 0.0732. The van der Waals surface area contributed by atoms with Gasteiger partial charge in [-0.3, -0.25) is 4.57 Å². The molecule has 2 aromatic heterocycles. The van der Waals surface area contributed by atoms with E-state index in [9.17, 15) is 0 Å². The Morgan fingerprint density at radius 2 is 1.18 bits per heavy atom. The van der Waals surface area contributed by atoms with Crippen LogP contribution in [0, 0.1) is 0 Å². The highest BCUT2D eigenvalue weighted by atomic mass is 15.1. The van der Waals surface area contributed by atoms with Gasteiger partial charge in [-0.15, -0.1) is 0 Å². The monoisotopic (exact) mass is 563 g/mol. The van der Waals surface area contributed by atoms with Gasteiger partial charge in [0.15, 0.2) is 5.82 Å². The van der Waals surface area contributed by atoms with E-state index in [-0.39, 0.29) is 5.41 Å². The van der Waals surface area contributed by atoms with E-state index in [1.165, 1.54) is 44.2 Å². The Morgan fingerprint density at radius 3 is 2.07 bits per heavy atom. The van der Waals surface area contributed by atoms with Gasteiger partial charge in [-0.25, -0.2) is 9.97 Å². The summed E-state index contributed by atoms with van der Waals surface area (Å²) in [6, 6.07) is 49.8. The number of hydrogen-bond acceptors (Lipinski definition) is 2. The largest absolute Gasteiger partial charge is 0.293 e. The second kappa shape index (κ2) is 9.23. The lowest BCUT2D eigenvalue weighted by Crippen LogP contribution is -2.14. The number of fused-ring (bicyclic) bond motifs is 7. The second-order valence-corrected chi connectivity index (χ2v) is 12.2. The first-order valence-corrected chi connectivity index (χ1v) is 15.2. The summed E-state index contributed by atoms with van der Waals surface area (Å²) in [5, 5.41) is 3.45. The third-order valence-corrected chi connectivity index (χ3v) is 9.42. The quantitative estimate of drug-likeness (QED) is 0.214. The highest BCUT2D eigenvalue weighted by Gasteiger charge is 2.37. The molecule has 8 aromatic rings. The summed E-state index contributed by atoms with van der Waals surface area (Å²) in [7, 11) is 0. The molecular formula is C41H29N3. The van der Waals surface area contributed by atoms with Crippen molar-refractivity contribution in [3.63, 3.8) is 0 Å². The molecule has 0 aliphatic heterocycles. The van der Waals surface area contributed by atoms with Gasteiger partial charge in [0.25, 0.3) is 0 Å². The maximum absolute atomic E-state index is 5.44. The molecule has 0 saturated carbocycles. The number of para-hydroxylation sites is 2. The average molecular weight is 564 g/mol.